The summed E-state index contributed by atoms with van der Waals surface area (Å²) in [5, 5.41) is 0.768. The second-order valence-electron chi connectivity index (χ2n) is 5.06. The highest BCUT2D eigenvalue weighted by Crippen LogP contribution is 2.37. The molecule has 1 heterocycles. The fraction of sp³-hybridized carbons (Fsp3) is 0.294. The number of benzene rings is 1. The second kappa shape index (κ2) is 6.47. The highest BCUT2D eigenvalue weighted by Gasteiger charge is 2.23. The van der Waals surface area contributed by atoms with Gasteiger partial charge < -0.3 is 13.9 Å². The van der Waals surface area contributed by atoms with Crippen molar-refractivity contribution >= 4 is 16.9 Å². The summed E-state index contributed by atoms with van der Waals surface area (Å²) in [7, 11) is 1.53. The number of carbonyl (C=O) groups excluding carboxylic acids is 1. The first-order valence-electron chi connectivity index (χ1n) is 6.83. The van der Waals surface area contributed by atoms with Gasteiger partial charge in [0.25, 0.3) is 0 Å². The van der Waals surface area contributed by atoms with Crippen molar-refractivity contribution in [2.24, 2.45) is 0 Å². The van der Waals surface area contributed by atoms with E-state index in [1.165, 1.54) is 20.1 Å². The maximum atomic E-state index is 11.6. The largest absolute Gasteiger partial charge is 0.496 e. The Balaban J connectivity index is 2.67. The van der Waals surface area contributed by atoms with E-state index < -0.39 is 5.63 Å². The molecule has 0 N–H and O–H groups in total. The Morgan fingerprint density at radius 2 is 1.95 bits per heavy atom. The quantitative estimate of drug-likeness (QED) is 0.482. The van der Waals surface area contributed by atoms with Crippen LogP contribution in [-0.2, 0) is 9.53 Å². The molecular weight excluding hydrogens is 284 g/mol. The molecule has 5 heteroatoms. The maximum absolute atomic E-state index is 11.6. The Morgan fingerprint density at radius 1 is 1.27 bits per heavy atom. The van der Waals surface area contributed by atoms with Crippen molar-refractivity contribution in [3.05, 3.63) is 52.4 Å². The van der Waals surface area contributed by atoms with Crippen molar-refractivity contribution in [2.75, 3.05) is 13.7 Å². The average Bonchev–Trinajstić information content (AvgIpc) is 2.46. The zero-order valence-corrected chi connectivity index (χ0v) is 12.8. The van der Waals surface area contributed by atoms with E-state index in [4.69, 9.17) is 13.9 Å². The van der Waals surface area contributed by atoms with Crippen LogP contribution < -0.4 is 10.4 Å². The van der Waals surface area contributed by atoms with Gasteiger partial charge in [0, 0.05) is 29.9 Å². The van der Waals surface area contributed by atoms with E-state index in [1.807, 2.05) is 13.0 Å². The lowest BCUT2D eigenvalue weighted by Crippen LogP contribution is -2.13. The van der Waals surface area contributed by atoms with Crippen LogP contribution in [0.4, 0.5) is 0 Å². The maximum Gasteiger partial charge on any atom is 0.336 e. The molecule has 1 aromatic carbocycles. The molecule has 0 aliphatic heterocycles. The van der Waals surface area contributed by atoms with Crippen molar-refractivity contribution < 1.29 is 18.7 Å². The minimum absolute atomic E-state index is 0.110. The number of esters is 1. The first kappa shape index (κ1) is 15.8. The summed E-state index contributed by atoms with van der Waals surface area (Å²) in [5.74, 6) is -0.151. The molecule has 0 aliphatic rings. The average molecular weight is 302 g/mol. The third kappa shape index (κ3) is 3.19. The third-order valence-electron chi connectivity index (χ3n) is 3.40. The molecule has 0 fully saturated rings. The van der Waals surface area contributed by atoms with Gasteiger partial charge in [0.2, 0.25) is 0 Å². The van der Waals surface area contributed by atoms with Gasteiger partial charge in [-0.05, 0) is 25.1 Å². The number of hydrogen-bond acceptors (Lipinski definition) is 5. The Hall–Kier alpha value is -2.56. The van der Waals surface area contributed by atoms with Gasteiger partial charge in [-0.2, -0.15) is 0 Å². The molecule has 2 aromatic rings. The number of hydrogen-bond donors (Lipinski definition) is 0. The van der Waals surface area contributed by atoms with Crippen molar-refractivity contribution in [3.63, 3.8) is 0 Å². The van der Waals surface area contributed by atoms with E-state index in [9.17, 15) is 9.59 Å². The topological polar surface area (TPSA) is 65.7 Å². The molecule has 1 atom stereocenters. The lowest BCUT2D eigenvalue weighted by Gasteiger charge is -2.20. The summed E-state index contributed by atoms with van der Waals surface area (Å²) >= 11 is 0. The highest BCUT2D eigenvalue weighted by atomic mass is 16.5. The van der Waals surface area contributed by atoms with Gasteiger partial charge in [-0.3, -0.25) is 4.79 Å². The van der Waals surface area contributed by atoms with E-state index in [2.05, 4.69) is 6.58 Å². The molecule has 0 spiro atoms. The lowest BCUT2D eigenvalue weighted by atomic mass is 9.91. The molecule has 116 valence electrons. The van der Waals surface area contributed by atoms with Crippen LogP contribution in [0.15, 0.2) is 45.6 Å². The van der Waals surface area contributed by atoms with Crippen LogP contribution >= 0.6 is 0 Å². The van der Waals surface area contributed by atoms with Crippen LogP contribution in [0.1, 0.15) is 25.3 Å². The molecule has 1 aromatic heterocycles. The first-order chi connectivity index (χ1) is 10.4. The minimum atomic E-state index is -0.449. The van der Waals surface area contributed by atoms with E-state index in [0.29, 0.717) is 16.9 Å². The number of rotatable bonds is 5. The van der Waals surface area contributed by atoms with E-state index in [0.717, 1.165) is 11.0 Å². The summed E-state index contributed by atoms with van der Waals surface area (Å²) in [4.78, 5) is 22.7. The molecule has 22 heavy (non-hydrogen) atoms. The van der Waals surface area contributed by atoms with Gasteiger partial charge in [0.1, 0.15) is 17.9 Å². The smallest absolute Gasteiger partial charge is 0.336 e. The Labute approximate surface area is 128 Å². The van der Waals surface area contributed by atoms with Crippen LogP contribution in [0.2, 0.25) is 0 Å². The fourth-order valence-electron chi connectivity index (χ4n) is 2.32. The number of fused-ring (bicyclic) bond motifs is 1. The lowest BCUT2D eigenvalue weighted by molar-refractivity contribution is -0.141. The van der Waals surface area contributed by atoms with Gasteiger partial charge in [-0.1, -0.05) is 12.2 Å². The molecular formula is C17H18O5. The monoisotopic (exact) mass is 302 g/mol. The standard InChI is InChI=1S/C17H18O5/c1-10(2)13(9-21-11(3)18)16-14(20-4)7-5-12-6-8-15(19)22-17(12)16/h5-8,13H,1,9H2,2-4H3. The van der Waals surface area contributed by atoms with Crippen LogP contribution in [-0.4, -0.2) is 19.7 Å². The van der Waals surface area contributed by atoms with Gasteiger partial charge in [-0.15, -0.1) is 0 Å². The summed E-state index contributed by atoms with van der Waals surface area (Å²) in [6, 6.07) is 6.65. The molecule has 5 nitrogen and oxygen atoms in total. The Bertz CT molecular complexity index is 772. The van der Waals surface area contributed by atoms with Crippen LogP contribution in [0.3, 0.4) is 0 Å². The van der Waals surface area contributed by atoms with Gasteiger partial charge in [-0.25, -0.2) is 4.79 Å². The number of ether oxygens (including phenoxy) is 2. The zero-order valence-electron chi connectivity index (χ0n) is 12.8. The summed E-state index contributed by atoms with van der Waals surface area (Å²) in [6.07, 6.45) is 0. The van der Waals surface area contributed by atoms with Crippen LogP contribution in [0.5, 0.6) is 5.75 Å². The molecule has 0 aliphatic carbocycles. The van der Waals surface area contributed by atoms with E-state index in [1.54, 1.807) is 12.1 Å². The van der Waals surface area contributed by atoms with Gasteiger partial charge in [0.15, 0.2) is 0 Å². The zero-order chi connectivity index (χ0) is 16.3. The Morgan fingerprint density at radius 3 is 2.55 bits per heavy atom. The highest BCUT2D eigenvalue weighted by molar-refractivity contribution is 5.83. The molecule has 0 saturated carbocycles. The van der Waals surface area contributed by atoms with Gasteiger partial charge >= 0.3 is 11.6 Å². The third-order valence-corrected chi connectivity index (χ3v) is 3.40. The summed E-state index contributed by atoms with van der Waals surface area (Å²) in [6.45, 7) is 7.23. The van der Waals surface area contributed by atoms with E-state index >= 15 is 0 Å². The predicted molar refractivity (Wildman–Crippen MR) is 83.2 cm³/mol. The predicted octanol–water partition coefficient (Wildman–Crippen LogP) is 3.02. The molecule has 1 unspecified atom stereocenters. The van der Waals surface area contributed by atoms with Crippen molar-refractivity contribution in [1.82, 2.24) is 0 Å². The van der Waals surface area contributed by atoms with Crippen LogP contribution in [0.25, 0.3) is 11.0 Å². The normalized spacial score (nSPS) is 12.0. The van der Waals surface area contributed by atoms with Crippen LogP contribution in [0, 0.1) is 0 Å². The molecule has 2 rings (SSSR count). The number of carbonyl (C=O) groups is 1. The fourth-order valence-corrected chi connectivity index (χ4v) is 2.32. The molecule has 0 radical (unpaired) electrons. The number of methoxy groups -OCH3 is 1. The molecule has 0 amide bonds. The van der Waals surface area contributed by atoms with Crippen molar-refractivity contribution in [1.29, 1.82) is 0 Å². The molecule has 0 saturated heterocycles. The first-order valence-corrected chi connectivity index (χ1v) is 6.83. The molecule has 0 bridgehead atoms. The minimum Gasteiger partial charge on any atom is -0.496 e. The van der Waals surface area contributed by atoms with Crippen molar-refractivity contribution in [2.45, 2.75) is 19.8 Å². The van der Waals surface area contributed by atoms with Gasteiger partial charge in [0.05, 0.1) is 7.11 Å². The van der Waals surface area contributed by atoms with Crippen molar-refractivity contribution in [3.8, 4) is 5.75 Å². The second-order valence-corrected chi connectivity index (χ2v) is 5.06. The summed E-state index contributed by atoms with van der Waals surface area (Å²) < 4.78 is 15.9. The van der Waals surface area contributed by atoms with E-state index in [-0.39, 0.29) is 18.5 Å². The summed E-state index contributed by atoms with van der Waals surface area (Å²) in [5.41, 5.74) is 1.41. The SMILES string of the molecule is C=C(C)C(COC(C)=O)c1c(OC)ccc2ccc(=O)oc12. The Kier molecular flexibility index (Phi) is 4.65.